The van der Waals surface area contributed by atoms with Gasteiger partial charge in [0, 0.05) is 6.54 Å². The van der Waals surface area contributed by atoms with Crippen molar-refractivity contribution < 1.29 is 4.79 Å². The van der Waals surface area contributed by atoms with Gasteiger partial charge in [0.05, 0.1) is 5.92 Å². The predicted molar refractivity (Wildman–Crippen MR) is 75.2 cm³/mol. The Bertz CT molecular complexity index is 485. The van der Waals surface area contributed by atoms with Crippen molar-refractivity contribution in [1.82, 2.24) is 4.90 Å². The molecule has 94 valence electrons. The van der Waals surface area contributed by atoms with E-state index in [-0.39, 0.29) is 16.7 Å². The molecule has 0 unspecified atom stereocenters. The highest BCUT2D eigenvalue weighted by atomic mass is 32.2. The van der Waals surface area contributed by atoms with Gasteiger partial charge in [-0.2, -0.15) is 0 Å². The molecule has 2 nitrogen and oxygen atoms in total. The summed E-state index contributed by atoms with van der Waals surface area (Å²) in [6.45, 7) is 2.89. The Morgan fingerprint density at radius 2 is 2.17 bits per heavy atom. The highest BCUT2D eigenvalue weighted by molar-refractivity contribution is 8.00. The summed E-state index contributed by atoms with van der Waals surface area (Å²) in [6.07, 6.45) is 5.16. The maximum absolute atomic E-state index is 12.2. The van der Waals surface area contributed by atoms with Crippen LogP contribution in [-0.2, 0) is 9.67 Å². The topological polar surface area (TPSA) is 20.3 Å². The zero-order valence-corrected chi connectivity index (χ0v) is 11.3. The van der Waals surface area contributed by atoms with Crippen molar-refractivity contribution in [2.24, 2.45) is 5.92 Å². The quantitative estimate of drug-likeness (QED) is 0.601. The van der Waals surface area contributed by atoms with E-state index in [1.165, 1.54) is 5.56 Å². The monoisotopic (exact) mass is 259 g/mol. The van der Waals surface area contributed by atoms with Crippen molar-refractivity contribution in [3.8, 4) is 0 Å². The number of amides is 1. The molecule has 3 rings (SSSR count). The lowest BCUT2D eigenvalue weighted by Gasteiger charge is -2.59. The van der Waals surface area contributed by atoms with E-state index in [9.17, 15) is 4.79 Å². The molecular weight excluding hydrogens is 242 g/mol. The number of benzene rings is 1. The lowest BCUT2D eigenvalue weighted by Crippen LogP contribution is -2.67. The lowest BCUT2D eigenvalue weighted by molar-refractivity contribution is -0.157. The van der Waals surface area contributed by atoms with Gasteiger partial charge in [-0.25, -0.2) is 0 Å². The minimum Gasteiger partial charge on any atom is -0.322 e. The summed E-state index contributed by atoms with van der Waals surface area (Å²) in [6, 6.07) is 10.4. The Morgan fingerprint density at radius 3 is 2.89 bits per heavy atom. The van der Waals surface area contributed by atoms with Crippen LogP contribution in [0.1, 0.15) is 18.9 Å². The van der Waals surface area contributed by atoms with E-state index in [0.717, 1.165) is 18.7 Å². The van der Waals surface area contributed by atoms with E-state index >= 15 is 0 Å². The average Bonchev–Trinajstić information content (AvgIpc) is 2.44. The minimum atomic E-state index is -0.136. The van der Waals surface area contributed by atoms with Crippen LogP contribution in [0.5, 0.6) is 0 Å². The van der Waals surface area contributed by atoms with Gasteiger partial charge < -0.3 is 4.90 Å². The van der Waals surface area contributed by atoms with Gasteiger partial charge >= 0.3 is 0 Å². The van der Waals surface area contributed by atoms with E-state index < -0.39 is 0 Å². The molecule has 2 saturated heterocycles. The van der Waals surface area contributed by atoms with Crippen LogP contribution >= 0.6 is 11.8 Å². The molecule has 0 radical (unpaired) electrons. The van der Waals surface area contributed by atoms with Crippen LogP contribution in [0.2, 0.25) is 0 Å². The molecule has 3 heteroatoms. The molecule has 0 saturated carbocycles. The van der Waals surface area contributed by atoms with Crippen molar-refractivity contribution in [3.63, 3.8) is 0 Å². The number of nitrogens with zero attached hydrogens (tertiary/aromatic N) is 1. The van der Waals surface area contributed by atoms with Crippen molar-refractivity contribution in [2.75, 3.05) is 12.3 Å². The molecular formula is C15H17NOS. The van der Waals surface area contributed by atoms with Crippen LogP contribution in [0.4, 0.5) is 0 Å². The first-order valence-corrected chi connectivity index (χ1v) is 7.43. The molecule has 0 spiro atoms. The number of carbonyl (C=O) groups excluding carboxylic acids is 1. The molecule has 0 aliphatic carbocycles. The second kappa shape index (κ2) is 4.47. The third-order valence-electron chi connectivity index (χ3n) is 3.78. The van der Waals surface area contributed by atoms with Gasteiger partial charge in [0.1, 0.15) is 4.87 Å². The molecule has 1 aromatic rings. The third kappa shape index (κ3) is 1.46. The van der Waals surface area contributed by atoms with E-state index in [1.807, 2.05) is 30.8 Å². The van der Waals surface area contributed by atoms with E-state index in [4.69, 9.17) is 0 Å². The maximum atomic E-state index is 12.2. The SMILES string of the molecule is C/C=C/[C@H]1C(=O)N2CCCS[C@]12c1ccccc1. The second-order valence-electron chi connectivity index (χ2n) is 4.76. The molecule has 2 aliphatic heterocycles. The normalized spacial score (nSPS) is 31.3. The molecule has 1 amide bonds. The van der Waals surface area contributed by atoms with Crippen LogP contribution in [0, 0.1) is 5.92 Å². The second-order valence-corrected chi connectivity index (χ2v) is 6.08. The van der Waals surface area contributed by atoms with Crippen LogP contribution in [0.3, 0.4) is 0 Å². The van der Waals surface area contributed by atoms with Crippen LogP contribution in [0.15, 0.2) is 42.5 Å². The van der Waals surface area contributed by atoms with Gasteiger partial charge in [-0.05, 0) is 24.7 Å². The fraction of sp³-hybridized carbons (Fsp3) is 0.400. The van der Waals surface area contributed by atoms with Gasteiger partial charge in [0.15, 0.2) is 0 Å². The Kier molecular flexibility index (Phi) is 2.94. The van der Waals surface area contributed by atoms with Crippen molar-refractivity contribution in [2.45, 2.75) is 18.2 Å². The standard InChI is InChI=1S/C15H17NOS/c1-2-7-13-14(17)16-10-6-11-18-15(13,16)12-8-4-3-5-9-12/h2-5,7-9,13H,6,10-11H2,1H3/b7-2+/t13-,15+/m0/s1. The van der Waals surface area contributed by atoms with Crippen LogP contribution in [0.25, 0.3) is 0 Å². The maximum Gasteiger partial charge on any atom is 0.234 e. The van der Waals surface area contributed by atoms with Gasteiger partial charge in [0.25, 0.3) is 0 Å². The van der Waals surface area contributed by atoms with E-state index in [1.54, 1.807) is 0 Å². The molecule has 2 fully saturated rings. The number of hydrogen-bond acceptors (Lipinski definition) is 2. The Hall–Kier alpha value is -1.22. The van der Waals surface area contributed by atoms with Crippen LogP contribution in [-0.4, -0.2) is 23.1 Å². The number of rotatable bonds is 2. The molecule has 0 aromatic heterocycles. The predicted octanol–water partition coefficient (Wildman–Crippen LogP) is 3.01. The van der Waals surface area contributed by atoms with E-state index in [2.05, 4.69) is 35.2 Å². The zero-order valence-electron chi connectivity index (χ0n) is 10.5. The summed E-state index contributed by atoms with van der Waals surface area (Å²) >= 11 is 1.92. The fourth-order valence-corrected chi connectivity index (χ4v) is 4.58. The largest absolute Gasteiger partial charge is 0.322 e. The summed E-state index contributed by atoms with van der Waals surface area (Å²) < 4.78 is 0. The summed E-state index contributed by atoms with van der Waals surface area (Å²) in [7, 11) is 0. The molecule has 2 aliphatic rings. The zero-order chi connectivity index (χ0) is 12.6. The van der Waals surface area contributed by atoms with Gasteiger partial charge in [-0.3, -0.25) is 4.79 Å². The number of carbonyl (C=O) groups is 1. The summed E-state index contributed by atoms with van der Waals surface area (Å²) in [5.74, 6) is 1.42. The third-order valence-corrected chi connectivity index (χ3v) is 5.42. The van der Waals surface area contributed by atoms with Crippen LogP contribution < -0.4 is 0 Å². The van der Waals surface area contributed by atoms with Gasteiger partial charge in [0.2, 0.25) is 5.91 Å². The molecule has 2 heterocycles. The first-order valence-electron chi connectivity index (χ1n) is 6.44. The smallest absolute Gasteiger partial charge is 0.234 e. The number of allylic oxidation sites excluding steroid dienone is 1. The van der Waals surface area contributed by atoms with Crippen molar-refractivity contribution >= 4 is 17.7 Å². The molecule has 1 aromatic carbocycles. The summed E-state index contributed by atoms with van der Waals surface area (Å²) in [5, 5.41) is 0. The van der Waals surface area contributed by atoms with Crippen molar-refractivity contribution in [3.05, 3.63) is 48.0 Å². The lowest BCUT2D eigenvalue weighted by atomic mass is 9.80. The van der Waals surface area contributed by atoms with E-state index in [0.29, 0.717) is 0 Å². The minimum absolute atomic E-state index is 0.00944. The number of β-lactam (4-membered cyclic amide) rings is 1. The molecule has 0 N–H and O–H groups in total. The summed E-state index contributed by atoms with van der Waals surface area (Å²) in [5.41, 5.74) is 1.26. The Balaban J connectivity index is 2.06. The molecule has 18 heavy (non-hydrogen) atoms. The number of thioether (sulfide) groups is 1. The first kappa shape index (κ1) is 11.8. The highest BCUT2D eigenvalue weighted by Crippen LogP contribution is 2.56. The highest BCUT2D eigenvalue weighted by Gasteiger charge is 2.61. The van der Waals surface area contributed by atoms with Gasteiger partial charge in [-0.15, -0.1) is 11.8 Å². The van der Waals surface area contributed by atoms with Gasteiger partial charge in [-0.1, -0.05) is 42.5 Å². The molecule has 0 bridgehead atoms. The van der Waals surface area contributed by atoms with Crippen molar-refractivity contribution in [1.29, 1.82) is 0 Å². The summed E-state index contributed by atoms with van der Waals surface area (Å²) in [4.78, 5) is 14.1. The number of fused-ring (bicyclic) bond motifs is 1. The first-order chi connectivity index (χ1) is 8.80. The Morgan fingerprint density at radius 1 is 1.39 bits per heavy atom. The average molecular weight is 259 g/mol. The fourth-order valence-electron chi connectivity index (χ4n) is 3.00. The number of hydrogen-bond donors (Lipinski definition) is 0. The Labute approximate surface area is 112 Å². The molecule has 2 atom stereocenters.